The molecular weight excluding hydrogens is 390 g/mol. The topological polar surface area (TPSA) is 137 Å². The molecule has 0 spiro atoms. The van der Waals surface area contributed by atoms with E-state index < -0.39 is 23.8 Å². The van der Waals surface area contributed by atoms with Crippen LogP contribution in [0.4, 0.5) is 5.00 Å². The number of thiophene rings is 1. The predicted molar refractivity (Wildman–Crippen MR) is 98.8 cm³/mol. The van der Waals surface area contributed by atoms with Crippen molar-refractivity contribution in [1.82, 2.24) is 9.78 Å². The Bertz CT molecular complexity index is 916. The van der Waals surface area contributed by atoms with Crippen molar-refractivity contribution < 1.29 is 33.8 Å². The van der Waals surface area contributed by atoms with Gasteiger partial charge in [-0.05, 0) is 25.0 Å². The Hall–Kier alpha value is -3.21. The van der Waals surface area contributed by atoms with Crippen LogP contribution in [0.15, 0.2) is 12.3 Å². The van der Waals surface area contributed by atoms with E-state index in [9.17, 15) is 19.2 Å². The second kappa shape index (κ2) is 9.13. The number of carbonyl (C=O) groups is 4. The Morgan fingerprint density at radius 3 is 2.61 bits per heavy atom. The fourth-order valence-electron chi connectivity index (χ4n) is 2.34. The van der Waals surface area contributed by atoms with Crippen LogP contribution in [-0.4, -0.2) is 52.4 Å². The van der Waals surface area contributed by atoms with Crippen LogP contribution in [0.5, 0.6) is 0 Å². The zero-order valence-corrected chi connectivity index (χ0v) is 16.3. The zero-order valence-electron chi connectivity index (χ0n) is 15.5. The van der Waals surface area contributed by atoms with Crippen LogP contribution >= 0.6 is 11.3 Å². The molecule has 2 rings (SSSR count). The normalized spacial score (nSPS) is 10.4. The Morgan fingerprint density at radius 1 is 1.29 bits per heavy atom. The van der Waals surface area contributed by atoms with E-state index in [0.29, 0.717) is 12.0 Å². The SMILES string of the molecule is CCCOC(=O)c1c(NC(=O)Cn2nccc2C(=O)O)sc(C(=O)OC)c1C. The number of amides is 1. The standard InChI is InChI=1S/C17H19N3O7S/c1-4-7-27-16(24)12-9(2)13(17(25)26-3)28-14(12)19-11(21)8-20-10(15(22)23)5-6-18-20/h5-6H,4,7-8H2,1-3H3,(H,19,21)(H,22,23). The number of methoxy groups -OCH3 is 1. The number of rotatable bonds is 8. The summed E-state index contributed by atoms with van der Waals surface area (Å²) >= 11 is 0.879. The van der Waals surface area contributed by atoms with Crippen molar-refractivity contribution in [3.63, 3.8) is 0 Å². The number of nitrogens with zero attached hydrogens (tertiary/aromatic N) is 2. The fourth-order valence-corrected chi connectivity index (χ4v) is 3.47. The van der Waals surface area contributed by atoms with Gasteiger partial charge in [-0.15, -0.1) is 11.3 Å². The second-order valence-electron chi connectivity index (χ2n) is 5.62. The number of hydrogen-bond donors (Lipinski definition) is 2. The van der Waals surface area contributed by atoms with Crippen LogP contribution in [-0.2, 0) is 20.8 Å². The number of carboxylic acids is 1. The van der Waals surface area contributed by atoms with E-state index in [1.54, 1.807) is 6.92 Å². The smallest absolute Gasteiger partial charge is 0.354 e. The molecule has 0 radical (unpaired) electrons. The maximum absolute atomic E-state index is 12.4. The van der Waals surface area contributed by atoms with Crippen LogP contribution in [0.25, 0.3) is 0 Å². The van der Waals surface area contributed by atoms with Crippen molar-refractivity contribution in [2.75, 3.05) is 19.0 Å². The number of anilines is 1. The Balaban J connectivity index is 2.31. The highest BCUT2D eigenvalue weighted by atomic mass is 32.1. The summed E-state index contributed by atoms with van der Waals surface area (Å²) in [4.78, 5) is 48.0. The summed E-state index contributed by atoms with van der Waals surface area (Å²) in [5, 5.41) is 15.5. The van der Waals surface area contributed by atoms with E-state index >= 15 is 0 Å². The lowest BCUT2D eigenvalue weighted by Crippen LogP contribution is -2.23. The van der Waals surface area contributed by atoms with Gasteiger partial charge in [0.25, 0.3) is 0 Å². The Kier molecular flexibility index (Phi) is 6.88. The summed E-state index contributed by atoms with van der Waals surface area (Å²) in [5.41, 5.74) is 0.236. The molecule has 11 heteroatoms. The van der Waals surface area contributed by atoms with Crippen molar-refractivity contribution in [3.8, 4) is 0 Å². The van der Waals surface area contributed by atoms with Gasteiger partial charge in [0.05, 0.1) is 19.3 Å². The summed E-state index contributed by atoms with van der Waals surface area (Å²) in [5.74, 6) is -3.17. The lowest BCUT2D eigenvalue weighted by Gasteiger charge is -2.08. The van der Waals surface area contributed by atoms with Crippen LogP contribution in [0, 0.1) is 6.92 Å². The second-order valence-corrected chi connectivity index (χ2v) is 6.64. The van der Waals surface area contributed by atoms with Crippen molar-refractivity contribution in [2.24, 2.45) is 0 Å². The predicted octanol–water partition coefficient (Wildman–Crippen LogP) is 1.94. The minimum absolute atomic E-state index is 0.0612. The van der Waals surface area contributed by atoms with E-state index in [2.05, 4.69) is 10.4 Å². The van der Waals surface area contributed by atoms with Gasteiger partial charge in [0.2, 0.25) is 5.91 Å². The third-order valence-corrected chi connectivity index (χ3v) is 4.83. The molecule has 0 aliphatic carbocycles. The number of hydrogen-bond acceptors (Lipinski definition) is 8. The van der Waals surface area contributed by atoms with E-state index in [0.717, 1.165) is 16.0 Å². The molecule has 0 saturated heterocycles. The van der Waals surface area contributed by atoms with E-state index in [-0.39, 0.29) is 34.3 Å². The van der Waals surface area contributed by atoms with E-state index in [1.807, 2.05) is 6.92 Å². The summed E-state index contributed by atoms with van der Waals surface area (Å²) in [7, 11) is 1.21. The molecule has 0 unspecified atom stereocenters. The largest absolute Gasteiger partial charge is 0.477 e. The number of carbonyl (C=O) groups excluding carboxylic acids is 3. The Morgan fingerprint density at radius 2 is 2.00 bits per heavy atom. The molecule has 2 aromatic rings. The highest BCUT2D eigenvalue weighted by molar-refractivity contribution is 7.18. The minimum Gasteiger partial charge on any atom is -0.477 e. The first-order chi connectivity index (χ1) is 13.3. The summed E-state index contributed by atoms with van der Waals surface area (Å²) in [6, 6.07) is 1.26. The molecule has 0 aromatic carbocycles. The first kappa shape index (κ1) is 21.1. The van der Waals surface area contributed by atoms with Crippen molar-refractivity contribution in [2.45, 2.75) is 26.8 Å². The fraction of sp³-hybridized carbons (Fsp3) is 0.353. The van der Waals surface area contributed by atoms with Gasteiger partial charge in [0, 0.05) is 6.20 Å². The minimum atomic E-state index is -1.23. The summed E-state index contributed by atoms with van der Waals surface area (Å²) < 4.78 is 10.8. The number of ether oxygens (including phenoxy) is 2. The van der Waals surface area contributed by atoms with Gasteiger partial charge in [0.1, 0.15) is 22.1 Å². The molecule has 10 nitrogen and oxygen atoms in total. The quantitative estimate of drug-likeness (QED) is 0.631. The number of aromatic nitrogens is 2. The maximum atomic E-state index is 12.4. The first-order valence-electron chi connectivity index (χ1n) is 8.23. The van der Waals surface area contributed by atoms with E-state index in [1.165, 1.54) is 19.4 Å². The molecule has 0 bridgehead atoms. The molecule has 2 heterocycles. The maximum Gasteiger partial charge on any atom is 0.354 e. The molecule has 28 heavy (non-hydrogen) atoms. The molecule has 0 saturated carbocycles. The zero-order chi connectivity index (χ0) is 20.8. The molecule has 0 aliphatic rings. The highest BCUT2D eigenvalue weighted by Gasteiger charge is 2.27. The lowest BCUT2D eigenvalue weighted by molar-refractivity contribution is -0.116. The van der Waals surface area contributed by atoms with Crippen molar-refractivity contribution in [1.29, 1.82) is 0 Å². The molecular formula is C17H19N3O7S. The number of aromatic carboxylic acids is 1. The lowest BCUT2D eigenvalue weighted by atomic mass is 10.1. The van der Waals surface area contributed by atoms with Gasteiger partial charge < -0.3 is 19.9 Å². The van der Waals surface area contributed by atoms with Crippen molar-refractivity contribution in [3.05, 3.63) is 34.0 Å². The highest BCUT2D eigenvalue weighted by Crippen LogP contribution is 2.34. The van der Waals surface area contributed by atoms with Crippen LogP contribution in [0.2, 0.25) is 0 Å². The Labute approximate surface area is 164 Å². The summed E-state index contributed by atoms with van der Waals surface area (Å²) in [6.45, 7) is 3.18. The molecule has 0 fully saturated rings. The first-order valence-corrected chi connectivity index (χ1v) is 9.05. The van der Waals surface area contributed by atoms with Crippen LogP contribution < -0.4 is 5.32 Å². The van der Waals surface area contributed by atoms with Gasteiger partial charge >= 0.3 is 17.9 Å². The number of nitrogens with one attached hydrogen (secondary N) is 1. The van der Waals surface area contributed by atoms with Gasteiger partial charge in [-0.1, -0.05) is 6.92 Å². The van der Waals surface area contributed by atoms with Gasteiger partial charge in [-0.2, -0.15) is 5.10 Å². The average molecular weight is 409 g/mol. The third kappa shape index (κ3) is 4.55. The number of carboxylic acid groups (broad SMARTS) is 1. The van der Waals surface area contributed by atoms with Gasteiger partial charge in [0.15, 0.2) is 0 Å². The van der Waals surface area contributed by atoms with Gasteiger partial charge in [-0.25, -0.2) is 19.1 Å². The van der Waals surface area contributed by atoms with E-state index in [4.69, 9.17) is 14.6 Å². The summed E-state index contributed by atoms with van der Waals surface area (Å²) in [6.07, 6.45) is 1.87. The molecule has 2 N–H and O–H groups in total. The molecule has 1 amide bonds. The molecule has 150 valence electrons. The third-order valence-electron chi connectivity index (χ3n) is 3.64. The molecule has 2 aromatic heterocycles. The monoisotopic (exact) mass is 409 g/mol. The molecule has 0 atom stereocenters. The van der Waals surface area contributed by atoms with Gasteiger partial charge in [-0.3, -0.25) is 4.79 Å². The number of esters is 2. The average Bonchev–Trinajstić information content (AvgIpc) is 3.23. The van der Waals surface area contributed by atoms with Crippen molar-refractivity contribution >= 4 is 40.2 Å². The van der Waals surface area contributed by atoms with Crippen LogP contribution in [0.1, 0.15) is 49.4 Å². The van der Waals surface area contributed by atoms with Crippen LogP contribution in [0.3, 0.4) is 0 Å². The molecule has 0 aliphatic heterocycles.